The largest absolute Gasteiger partial charge is 0.471 e. The van der Waals surface area contributed by atoms with E-state index in [1.807, 2.05) is 0 Å². The fraction of sp³-hybridized carbons (Fsp3) is 0.900. The molecule has 3 aliphatic rings. The molecule has 308 valence electrons. The van der Waals surface area contributed by atoms with Gasteiger partial charge in [0.05, 0.1) is 18.7 Å². The van der Waals surface area contributed by atoms with Gasteiger partial charge in [0.1, 0.15) is 72.2 Å². The number of nitrogens with two attached hydrogens (primary N) is 1. The Morgan fingerprint density at radius 3 is 1.79 bits per heavy atom. The molecule has 3 rings (SSSR count). The van der Waals surface area contributed by atoms with Crippen molar-refractivity contribution in [3.05, 3.63) is 0 Å². The van der Waals surface area contributed by atoms with Crippen LogP contribution < -0.4 is 21.7 Å². The molecule has 0 aromatic heterocycles. The minimum absolute atomic E-state index is 0.327. The van der Waals surface area contributed by atoms with E-state index in [1.54, 1.807) is 41.5 Å². The molecule has 23 heteroatoms. The van der Waals surface area contributed by atoms with Crippen LogP contribution in [0, 0.1) is 0 Å². The van der Waals surface area contributed by atoms with Gasteiger partial charge in [0.25, 0.3) is 0 Å². The molecule has 0 aromatic carbocycles. The minimum atomic E-state index is -5.42. The predicted octanol–water partition coefficient (Wildman–Crippen LogP) is -3.44. The molecule has 2 heterocycles. The highest BCUT2D eigenvalue weighted by Gasteiger charge is 2.54. The molecule has 0 unspecified atom stereocenters. The van der Waals surface area contributed by atoms with Crippen molar-refractivity contribution in [2.45, 2.75) is 157 Å². The third-order valence-corrected chi connectivity index (χ3v) is 8.26. The van der Waals surface area contributed by atoms with Crippen LogP contribution in [0.3, 0.4) is 0 Å². The summed E-state index contributed by atoms with van der Waals surface area (Å²) in [4.78, 5) is 36.7. The van der Waals surface area contributed by atoms with Crippen LogP contribution in [-0.4, -0.2) is 176 Å². The van der Waals surface area contributed by atoms with E-state index in [-0.39, 0.29) is 6.42 Å². The molecule has 53 heavy (non-hydrogen) atoms. The number of halogens is 3. The second-order valence-electron chi connectivity index (χ2n) is 14.9. The first kappa shape index (κ1) is 44.7. The Hall–Kier alpha value is -2.68. The van der Waals surface area contributed by atoms with Crippen LogP contribution in [0.5, 0.6) is 0 Å². The number of alkyl carbamates (subject to hydrolysis) is 2. The molecule has 0 aromatic rings. The Kier molecular flexibility index (Phi) is 14.7. The monoisotopic (exact) mass is 780 g/mol. The highest BCUT2D eigenvalue weighted by atomic mass is 19.4. The SMILES string of the molecule is CC(C)(C)OC(=O)NC[C@H]1O[C@H](O[C@H]2[C@H](O)[C@@H](O[C@H]3O[C@H](CO)[C@@H](O)[C@H](NC(=O)C(F)(F)F)[C@H]3O)[C@H](N)C[C@@H]2NC(=O)OC(C)(C)C)[C@H](O)[C@@H](O)[C@@H]1O. The number of hydrogen-bond donors (Lipinski definition) is 11. The summed E-state index contributed by atoms with van der Waals surface area (Å²) in [7, 11) is 0. The molecule has 0 radical (unpaired) electrons. The second kappa shape index (κ2) is 17.4. The topological polar surface area (TPSA) is 310 Å². The van der Waals surface area contributed by atoms with Crippen molar-refractivity contribution in [3.8, 4) is 0 Å². The fourth-order valence-corrected chi connectivity index (χ4v) is 5.81. The van der Waals surface area contributed by atoms with Gasteiger partial charge in [-0.05, 0) is 48.0 Å². The average Bonchev–Trinajstić information content (AvgIpc) is 3.01. The van der Waals surface area contributed by atoms with E-state index in [2.05, 4.69) is 10.6 Å². The molecule has 2 aliphatic heterocycles. The Bertz CT molecular complexity index is 1260. The maximum atomic E-state index is 13.0. The van der Waals surface area contributed by atoms with Crippen LogP contribution in [0.2, 0.25) is 0 Å². The van der Waals surface area contributed by atoms with Gasteiger partial charge in [-0.3, -0.25) is 4.79 Å². The zero-order valence-corrected chi connectivity index (χ0v) is 29.8. The van der Waals surface area contributed by atoms with Gasteiger partial charge in [0.15, 0.2) is 12.6 Å². The highest BCUT2D eigenvalue weighted by molar-refractivity contribution is 5.82. The lowest BCUT2D eigenvalue weighted by Crippen LogP contribution is -2.70. The summed E-state index contributed by atoms with van der Waals surface area (Å²) in [6, 6.07) is -4.68. The number of carbonyl (C=O) groups is 3. The first-order valence-electron chi connectivity index (χ1n) is 16.6. The summed E-state index contributed by atoms with van der Waals surface area (Å²) in [6.07, 6.45) is -30.2. The molecule has 0 spiro atoms. The molecule has 12 N–H and O–H groups in total. The predicted molar refractivity (Wildman–Crippen MR) is 168 cm³/mol. The van der Waals surface area contributed by atoms with E-state index < -0.39 is 140 Å². The number of ether oxygens (including phenoxy) is 6. The minimum Gasteiger partial charge on any atom is -0.444 e. The van der Waals surface area contributed by atoms with Gasteiger partial charge in [-0.2, -0.15) is 13.2 Å². The zero-order chi connectivity index (χ0) is 40.4. The van der Waals surface area contributed by atoms with Gasteiger partial charge in [-0.25, -0.2) is 9.59 Å². The van der Waals surface area contributed by atoms with Gasteiger partial charge < -0.3 is 85.9 Å². The first-order valence-corrected chi connectivity index (χ1v) is 16.6. The number of nitrogens with one attached hydrogen (secondary N) is 3. The quantitative estimate of drug-likeness (QED) is 0.108. The number of carbonyl (C=O) groups excluding carboxylic acids is 3. The number of alkyl halides is 3. The van der Waals surface area contributed by atoms with Crippen LogP contribution in [-0.2, 0) is 33.2 Å². The standard InChI is InChI=1S/C30H51F3N4O16/c1-28(2,3)52-26(46)35-8-12-16(40)18(42)19(43)24(48-12)51-22-11(36-27(47)53-29(4,5)6)7-10(34)21(20(22)44)50-23-17(41)14(15(39)13(9-38)49-23)37-25(45)30(31,32)33/h10-24,38-44H,7-9,34H2,1-6H3,(H,35,46)(H,36,47)(H,37,45)/t10-,11+,12-,13-,14+,15-,16-,17-,18+,19-,20-,21+,22-,23-,24-/m1/s1. The summed E-state index contributed by atoms with van der Waals surface area (Å²) in [5.74, 6) is -2.53. The normalized spacial score (nSPS) is 38.4. The van der Waals surface area contributed by atoms with Crippen molar-refractivity contribution in [1.82, 2.24) is 16.0 Å². The molecular weight excluding hydrogens is 729 g/mol. The van der Waals surface area contributed by atoms with Crippen LogP contribution in [0.4, 0.5) is 22.8 Å². The van der Waals surface area contributed by atoms with Crippen molar-refractivity contribution in [3.63, 3.8) is 0 Å². The van der Waals surface area contributed by atoms with Gasteiger partial charge in [-0.15, -0.1) is 0 Å². The van der Waals surface area contributed by atoms with Gasteiger partial charge in [-0.1, -0.05) is 0 Å². The fourth-order valence-electron chi connectivity index (χ4n) is 5.81. The van der Waals surface area contributed by atoms with Crippen molar-refractivity contribution in [2.24, 2.45) is 5.73 Å². The van der Waals surface area contributed by atoms with E-state index in [4.69, 9.17) is 34.2 Å². The third-order valence-electron chi connectivity index (χ3n) is 8.26. The van der Waals surface area contributed by atoms with Crippen LogP contribution in [0.15, 0.2) is 0 Å². The number of aliphatic hydroxyl groups excluding tert-OH is 7. The van der Waals surface area contributed by atoms with Crippen LogP contribution in [0.1, 0.15) is 48.0 Å². The number of hydrogen-bond acceptors (Lipinski definition) is 17. The Morgan fingerprint density at radius 1 is 0.717 bits per heavy atom. The molecular formula is C30H51F3N4O16. The van der Waals surface area contributed by atoms with E-state index in [1.165, 1.54) is 5.32 Å². The molecule has 1 aliphatic carbocycles. The Balaban J connectivity index is 1.89. The zero-order valence-electron chi connectivity index (χ0n) is 29.8. The molecule has 3 fully saturated rings. The van der Waals surface area contributed by atoms with E-state index >= 15 is 0 Å². The third kappa shape index (κ3) is 11.9. The molecule has 20 nitrogen and oxygen atoms in total. The van der Waals surface area contributed by atoms with E-state index in [0.29, 0.717) is 0 Å². The molecule has 15 atom stereocenters. The molecule has 0 bridgehead atoms. The summed E-state index contributed by atoms with van der Waals surface area (Å²) < 4.78 is 72.1. The van der Waals surface area contributed by atoms with Gasteiger partial charge in [0, 0.05) is 12.6 Å². The Labute approximate surface area is 302 Å². The lowest BCUT2D eigenvalue weighted by atomic mass is 9.83. The maximum absolute atomic E-state index is 13.0. The molecule has 1 saturated carbocycles. The summed E-state index contributed by atoms with van der Waals surface area (Å²) in [5, 5.41) is 80.9. The smallest absolute Gasteiger partial charge is 0.444 e. The second-order valence-corrected chi connectivity index (χ2v) is 14.9. The lowest BCUT2D eigenvalue weighted by Gasteiger charge is -2.49. The van der Waals surface area contributed by atoms with Crippen LogP contribution in [0.25, 0.3) is 0 Å². The van der Waals surface area contributed by atoms with E-state index in [9.17, 15) is 63.3 Å². The molecule has 3 amide bonds. The van der Waals surface area contributed by atoms with Crippen molar-refractivity contribution >= 4 is 18.1 Å². The Morgan fingerprint density at radius 2 is 1.25 bits per heavy atom. The number of amides is 3. The van der Waals surface area contributed by atoms with Crippen molar-refractivity contribution in [2.75, 3.05) is 13.2 Å². The van der Waals surface area contributed by atoms with Gasteiger partial charge in [0.2, 0.25) is 0 Å². The number of aliphatic hydroxyl groups is 7. The summed E-state index contributed by atoms with van der Waals surface area (Å²) in [5.41, 5.74) is 4.41. The van der Waals surface area contributed by atoms with Crippen LogP contribution >= 0.6 is 0 Å². The lowest BCUT2D eigenvalue weighted by molar-refractivity contribution is -0.333. The van der Waals surface area contributed by atoms with Crippen molar-refractivity contribution < 1.29 is 91.7 Å². The maximum Gasteiger partial charge on any atom is 0.471 e. The molecule has 2 saturated heterocycles. The van der Waals surface area contributed by atoms with E-state index in [0.717, 1.165) is 0 Å². The summed E-state index contributed by atoms with van der Waals surface area (Å²) >= 11 is 0. The number of rotatable bonds is 9. The van der Waals surface area contributed by atoms with Crippen molar-refractivity contribution in [1.29, 1.82) is 0 Å². The average molecular weight is 781 g/mol. The first-order chi connectivity index (χ1) is 24.2. The highest BCUT2D eigenvalue weighted by Crippen LogP contribution is 2.33. The summed E-state index contributed by atoms with van der Waals surface area (Å²) in [6.45, 7) is 8.00. The van der Waals surface area contributed by atoms with Gasteiger partial charge >= 0.3 is 24.3 Å².